The Kier molecular flexibility index (Phi) is 3.18. The molecule has 0 aliphatic rings. The molecule has 0 spiro atoms. The van der Waals surface area contributed by atoms with E-state index in [2.05, 4.69) is 10.5 Å². The number of hydrogen-bond acceptors (Lipinski definition) is 3. The summed E-state index contributed by atoms with van der Waals surface area (Å²) in [4.78, 5) is 11.6. The Morgan fingerprint density at radius 2 is 2.12 bits per heavy atom. The largest absolute Gasteiger partial charge is 0.361 e. The maximum absolute atomic E-state index is 12.6. The van der Waals surface area contributed by atoms with Crippen molar-refractivity contribution >= 4 is 5.91 Å². The summed E-state index contributed by atoms with van der Waals surface area (Å²) in [6.45, 7) is 2.06. The second-order valence-electron chi connectivity index (χ2n) is 3.62. The molecule has 0 radical (unpaired) electrons. The van der Waals surface area contributed by atoms with E-state index in [1.165, 1.54) is 24.3 Å². The van der Waals surface area contributed by atoms with Gasteiger partial charge in [0.25, 0.3) is 5.91 Å². The molecular formula is C12H11FN2O2. The lowest BCUT2D eigenvalue weighted by Gasteiger charge is -2.02. The van der Waals surface area contributed by atoms with E-state index in [-0.39, 0.29) is 18.3 Å². The first-order valence-corrected chi connectivity index (χ1v) is 5.11. The average molecular weight is 234 g/mol. The molecule has 0 fully saturated rings. The van der Waals surface area contributed by atoms with Gasteiger partial charge in [-0.15, -0.1) is 0 Å². The van der Waals surface area contributed by atoms with Crippen molar-refractivity contribution in [2.75, 3.05) is 0 Å². The lowest BCUT2D eigenvalue weighted by atomic mass is 10.2. The van der Waals surface area contributed by atoms with Gasteiger partial charge in [0, 0.05) is 11.6 Å². The van der Waals surface area contributed by atoms with Crippen molar-refractivity contribution < 1.29 is 13.7 Å². The summed E-state index contributed by atoms with van der Waals surface area (Å²) < 4.78 is 17.5. The second kappa shape index (κ2) is 4.78. The molecule has 0 saturated heterocycles. The average Bonchev–Trinajstić information content (AvgIpc) is 2.73. The predicted molar refractivity (Wildman–Crippen MR) is 58.8 cm³/mol. The number of nitrogens with one attached hydrogen (secondary N) is 1. The normalized spacial score (nSPS) is 10.2. The number of halogens is 1. The first kappa shape index (κ1) is 11.3. The molecule has 1 N–H and O–H groups in total. The summed E-state index contributed by atoms with van der Waals surface area (Å²) in [5, 5.41) is 6.41. The molecule has 0 unspecified atom stereocenters. The summed E-state index contributed by atoms with van der Waals surface area (Å²) in [6, 6.07) is 7.09. The summed E-state index contributed by atoms with van der Waals surface area (Å²) in [6.07, 6.45) is 0. The van der Waals surface area contributed by atoms with E-state index >= 15 is 0 Å². The van der Waals surface area contributed by atoms with Crippen LogP contribution in [-0.2, 0) is 6.54 Å². The highest BCUT2D eigenvalue weighted by Crippen LogP contribution is 2.04. The molecule has 0 aliphatic heterocycles. The van der Waals surface area contributed by atoms with Crippen molar-refractivity contribution in [1.82, 2.24) is 10.5 Å². The molecule has 1 aromatic heterocycles. The van der Waals surface area contributed by atoms with Crippen LogP contribution in [0.3, 0.4) is 0 Å². The zero-order valence-corrected chi connectivity index (χ0v) is 9.24. The third-order valence-corrected chi connectivity index (χ3v) is 2.21. The molecule has 0 atom stereocenters. The summed E-state index contributed by atoms with van der Waals surface area (Å²) in [7, 11) is 0. The van der Waals surface area contributed by atoms with Crippen LogP contribution >= 0.6 is 0 Å². The quantitative estimate of drug-likeness (QED) is 0.884. The van der Waals surface area contributed by atoms with E-state index in [0.717, 1.165) is 0 Å². The number of amides is 1. The van der Waals surface area contributed by atoms with Crippen molar-refractivity contribution in [2.24, 2.45) is 0 Å². The van der Waals surface area contributed by atoms with E-state index in [9.17, 15) is 9.18 Å². The highest BCUT2D eigenvalue weighted by atomic mass is 19.1. The predicted octanol–water partition coefficient (Wildman–Crippen LogP) is 2.05. The van der Waals surface area contributed by atoms with Crippen LogP contribution in [0.15, 0.2) is 34.9 Å². The van der Waals surface area contributed by atoms with E-state index in [4.69, 9.17) is 4.52 Å². The van der Waals surface area contributed by atoms with Gasteiger partial charge < -0.3 is 9.84 Å². The van der Waals surface area contributed by atoms with Crippen LogP contribution < -0.4 is 5.32 Å². The number of rotatable bonds is 3. The third-order valence-electron chi connectivity index (χ3n) is 2.21. The standard InChI is InChI=1S/C12H11FN2O2/c1-8-6-11(15-17-8)7-14-12(16)9-2-4-10(13)5-3-9/h2-6H,7H2,1H3,(H,14,16). The third kappa shape index (κ3) is 2.90. The van der Waals surface area contributed by atoms with Crippen molar-refractivity contribution in [3.8, 4) is 0 Å². The van der Waals surface area contributed by atoms with Crippen molar-refractivity contribution in [1.29, 1.82) is 0 Å². The molecule has 1 amide bonds. The zero-order valence-electron chi connectivity index (χ0n) is 9.24. The van der Waals surface area contributed by atoms with E-state index < -0.39 is 0 Å². The van der Waals surface area contributed by atoms with Crippen LogP contribution in [0.1, 0.15) is 21.8 Å². The highest BCUT2D eigenvalue weighted by molar-refractivity contribution is 5.94. The first-order chi connectivity index (χ1) is 8.15. The van der Waals surface area contributed by atoms with Crippen molar-refractivity contribution in [3.63, 3.8) is 0 Å². The highest BCUT2D eigenvalue weighted by Gasteiger charge is 2.06. The Labute approximate surface area is 97.4 Å². The molecule has 1 heterocycles. The van der Waals surface area contributed by atoms with Crippen molar-refractivity contribution in [2.45, 2.75) is 13.5 Å². The Morgan fingerprint density at radius 3 is 2.71 bits per heavy atom. The molecule has 2 aromatic rings. The van der Waals surface area contributed by atoms with Gasteiger partial charge in [0.15, 0.2) is 0 Å². The van der Waals surface area contributed by atoms with Gasteiger partial charge in [0.05, 0.1) is 6.54 Å². The van der Waals surface area contributed by atoms with Gasteiger partial charge >= 0.3 is 0 Å². The Morgan fingerprint density at radius 1 is 1.41 bits per heavy atom. The summed E-state index contributed by atoms with van der Waals surface area (Å²) in [5.74, 6) is 0.0513. The summed E-state index contributed by atoms with van der Waals surface area (Å²) in [5.41, 5.74) is 1.06. The van der Waals surface area contributed by atoms with Gasteiger partial charge in [-0.25, -0.2) is 4.39 Å². The van der Waals surface area contributed by atoms with Gasteiger partial charge in [-0.1, -0.05) is 5.16 Å². The topological polar surface area (TPSA) is 55.1 Å². The minimum atomic E-state index is -0.367. The number of aromatic nitrogens is 1. The number of carbonyl (C=O) groups is 1. The molecule has 0 aliphatic carbocycles. The molecule has 2 rings (SSSR count). The van der Waals surface area contributed by atoms with Crippen LogP contribution in [0.5, 0.6) is 0 Å². The number of aryl methyl sites for hydroxylation is 1. The van der Waals surface area contributed by atoms with Gasteiger partial charge in [0.1, 0.15) is 17.3 Å². The second-order valence-corrected chi connectivity index (χ2v) is 3.62. The maximum atomic E-state index is 12.6. The molecule has 1 aromatic carbocycles. The molecule has 4 nitrogen and oxygen atoms in total. The number of nitrogens with zero attached hydrogens (tertiary/aromatic N) is 1. The fourth-order valence-electron chi connectivity index (χ4n) is 1.38. The fraction of sp³-hybridized carbons (Fsp3) is 0.167. The Hall–Kier alpha value is -2.17. The van der Waals surface area contributed by atoms with Gasteiger partial charge in [-0.05, 0) is 31.2 Å². The molecule has 17 heavy (non-hydrogen) atoms. The lowest BCUT2D eigenvalue weighted by molar-refractivity contribution is 0.0950. The van der Waals surface area contributed by atoms with Gasteiger partial charge in [-0.3, -0.25) is 4.79 Å². The Balaban J connectivity index is 1.95. The van der Waals surface area contributed by atoms with Crippen LogP contribution in [0.4, 0.5) is 4.39 Å². The van der Waals surface area contributed by atoms with Crippen LogP contribution in [0.2, 0.25) is 0 Å². The van der Waals surface area contributed by atoms with E-state index in [1.807, 2.05) is 0 Å². The van der Waals surface area contributed by atoms with Crippen molar-refractivity contribution in [3.05, 3.63) is 53.2 Å². The number of carbonyl (C=O) groups excluding carboxylic acids is 1. The Bertz CT molecular complexity index is 520. The molecule has 5 heteroatoms. The van der Waals surface area contributed by atoms with Gasteiger partial charge in [0.2, 0.25) is 0 Å². The van der Waals surface area contributed by atoms with Crippen LogP contribution in [0.25, 0.3) is 0 Å². The maximum Gasteiger partial charge on any atom is 0.251 e. The molecule has 0 saturated carbocycles. The number of hydrogen-bond donors (Lipinski definition) is 1. The van der Waals surface area contributed by atoms with E-state index in [1.54, 1.807) is 13.0 Å². The molecule has 0 bridgehead atoms. The van der Waals surface area contributed by atoms with Gasteiger partial charge in [-0.2, -0.15) is 0 Å². The fourth-order valence-corrected chi connectivity index (χ4v) is 1.38. The summed E-state index contributed by atoms with van der Waals surface area (Å²) >= 11 is 0. The monoisotopic (exact) mass is 234 g/mol. The lowest BCUT2D eigenvalue weighted by Crippen LogP contribution is -2.22. The minimum Gasteiger partial charge on any atom is -0.361 e. The van der Waals surface area contributed by atoms with Crippen LogP contribution in [0, 0.1) is 12.7 Å². The number of benzene rings is 1. The van der Waals surface area contributed by atoms with E-state index in [0.29, 0.717) is 17.0 Å². The zero-order chi connectivity index (χ0) is 12.3. The minimum absolute atomic E-state index is 0.273. The smallest absolute Gasteiger partial charge is 0.251 e. The SMILES string of the molecule is Cc1cc(CNC(=O)c2ccc(F)cc2)no1. The first-order valence-electron chi connectivity index (χ1n) is 5.11. The molecule has 88 valence electrons. The van der Waals surface area contributed by atoms with Crippen LogP contribution in [-0.4, -0.2) is 11.1 Å². The molecular weight excluding hydrogens is 223 g/mol.